The summed E-state index contributed by atoms with van der Waals surface area (Å²) in [6.07, 6.45) is 6.04. The van der Waals surface area contributed by atoms with Gasteiger partial charge in [0.25, 0.3) is 0 Å². The molecule has 31 heavy (non-hydrogen) atoms. The molecule has 3 fully saturated rings. The van der Waals surface area contributed by atoms with E-state index in [9.17, 15) is 19.5 Å². The molecule has 2 bridgehead atoms. The Hall–Kier alpha value is -1.28. The summed E-state index contributed by atoms with van der Waals surface area (Å²) in [5.74, 6) is -0.774. The summed E-state index contributed by atoms with van der Waals surface area (Å²) >= 11 is 1.72. The Kier molecular flexibility index (Phi) is 8.30. The summed E-state index contributed by atoms with van der Waals surface area (Å²) in [5, 5.41) is 15.4. The van der Waals surface area contributed by atoms with Crippen LogP contribution < -0.4 is 10.6 Å². The molecule has 0 aromatic rings. The van der Waals surface area contributed by atoms with Crippen LogP contribution in [-0.4, -0.2) is 70.0 Å². The van der Waals surface area contributed by atoms with Crippen LogP contribution in [0.1, 0.15) is 65.7 Å². The van der Waals surface area contributed by atoms with Crippen LogP contribution >= 0.6 is 11.8 Å². The van der Waals surface area contributed by atoms with E-state index in [2.05, 4.69) is 24.5 Å². The van der Waals surface area contributed by atoms with E-state index in [1.54, 1.807) is 16.7 Å². The standard InChI is InChI=1S/C23H39N3O4S/c1-4-6-7-11-25-21(29)19-23-15(3)14-16(31-23)17(20(28)24-10-5-2)18(23)22(30)26(19)12-8-9-13-27/h15-19,27H,4-14H2,1-3H3,(H,24,28)(H,25,29)/t15?,16-,17+,18-,19?,23?/m0/s1. The number of thioether (sulfide) groups is 1. The minimum atomic E-state index is -0.542. The first-order valence-electron chi connectivity index (χ1n) is 12.1. The number of hydrogen-bond donors (Lipinski definition) is 3. The normalized spacial score (nSPS) is 33.6. The van der Waals surface area contributed by atoms with Crippen LogP contribution in [0.5, 0.6) is 0 Å². The Labute approximate surface area is 190 Å². The zero-order chi connectivity index (χ0) is 22.6. The topological polar surface area (TPSA) is 98.7 Å². The Morgan fingerprint density at radius 3 is 2.52 bits per heavy atom. The quantitative estimate of drug-likeness (QED) is 0.392. The van der Waals surface area contributed by atoms with E-state index in [-0.39, 0.29) is 41.4 Å². The van der Waals surface area contributed by atoms with Gasteiger partial charge in [0, 0.05) is 31.5 Å². The third-order valence-corrected chi connectivity index (χ3v) is 9.31. The summed E-state index contributed by atoms with van der Waals surface area (Å²) in [7, 11) is 0. The molecule has 3 aliphatic heterocycles. The molecule has 3 saturated heterocycles. The predicted molar refractivity (Wildman–Crippen MR) is 123 cm³/mol. The van der Waals surface area contributed by atoms with Gasteiger partial charge in [0.05, 0.1) is 16.6 Å². The van der Waals surface area contributed by atoms with E-state index in [1.807, 2.05) is 6.92 Å². The fourth-order valence-electron chi connectivity index (χ4n) is 5.80. The highest BCUT2D eigenvalue weighted by Crippen LogP contribution is 2.68. The lowest BCUT2D eigenvalue weighted by molar-refractivity contribution is -0.140. The third kappa shape index (κ3) is 4.34. The molecule has 0 aliphatic carbocycles. The molecule has 3 N–H and O–H groups in total. The van der Waals surface area contributed by atoms with Crippen molar-refractivity contribution in [2.45, 2.75) is 81.8 Å². The lowest BCUT2D eigenvalue weighted by Crippen LogP contribution is -2.56. The van der Waals surface area contributed by atoms with Crippen molar-refractivity contribution in [2.75, 3.05) is 26.2 Å². The van der Waals surface area contributed by atoms with E-state index in [0.29, 0.717) is 32.5 Å². The van der Waals surface area contributed by atoms with Gasteiger partial charge in [-0.2, -0.15) is 0 Å². The highest BCUT2D eigenvalue weighted by molar-refractivity contribution is 8.02. The van der Waals surface area contributed by atoms with Crippen molar-refractivity contribution >= 4 is 29.5 Å². The van der Waals surface area contributed by atoms with Crippen LogP contribution in [-0.2, 0) is 14.4 Å². The molecule has 176 valence electrons. The number of nitrogens with one attached hydrogen (secondary N) is 2. The lowest BCUT2D eigenvalue weighted by atomic mass is 9.66. The number of likely N-dealkylation sites (tertiary alicyclic amines) is 1. The fourth-order valence-corrected chi connectivity index (χ4v) is 8.23. The molecule has 3 aliphatic rings. The number of amides is 3. The molecule has 0 aromatic heterocycles. The maximum atomic E-state index is 13.7. The smallest absolute Gasteiger partial charge is 0.244 e. The first kappa shape index (κ1) is 24.4. The molecule has 6 atom stereocenters. The van der Waals surface area contributed by atoms with Gasteiger partial charge in [0.1, 0.15) is 6.04 Å². The average Bonchev–Trinajstić information content (AvgIpc) is 3.33. The molecule has 3 rings (SSSR count). The van der Waals surface area contributed by atoms with E-state index in [0.717, 1.165) is 32.1 Å². The third-order valence-electron chi connectivity index (χ3n) is 7.23. The van der Waals surface area contributed by atoms with Crippen LogP contribution in [0, 0.1) is 17.8 Å². The van der Waals surface area contributed by atoms with Crippen molar-refractivity contribution in [3.8, 4) is 0 Å². The SMILES string of the molecule is CCCCCNC(=O)C1N(CCCCO)C(=O)[C@@H]2[C@H](C(=O)NCCC)[C@@H]3CC(C)C12S3. The highest BCUT2D eigenvalue weighted by atomic mass is 32.2. The number of carbonyl (C=O) groups is 3. The van der Waals surface area contributed by atoms with Gasteiger partial charge < -0.3 is 20.6 Å². The van der Waals surface area contributed by atoms with Crippen LogP contribution in [0.4, 0.5) is 0 Å². The molecule has 3 unspecified atom stereocenters. The number of carbonyl (C=O) groups excluding carboxylic acids is 3. The molecule has 3 heterocycles. The van der Waals surface area contributed by atoms with E-state index in [4.69, 9.17) is 0 Å². The summed E-state index contributed by atoms with van der Waals surface area (Å²) < 4.78 is -0.538. The van der Waals surface area contributed by atoms with E-state index < -0.39 is 16.7 Å². The number of rotatable bonds is 12. The minimum absolute atomic E-state index is 0.0363. The van der Waals surface area contributed by atoms with Crippen molar-refractivity contribution in [1.82, 2.24) is 15.5 Å². The Bertz CT molecular complexity index is 675. The van der Waals surface area contributed by atoms with Gasteiger partial charge in [-0.3, -0.25) is 14.4 Å². The van der Waals surface area contributed by atoms with Crippen molar-refractivity contribution < 1.29 is 19.5 Å². The summed E-state index contributed by atoms with van der Waals surface area (Å²) in [4.78, 5) is 41.9. The van der Waals surface area contributed by atoms with Gasteiger partial charge in [-0.15, -0.1) is 11.8 Å². The number of aliphatic hydroxyl groups excluding tert-OH is 1. The molecule has 8 heteroatoms. The van der Waals surface area contributed by atoms with Gasteiger partial charge in [0.2, 0.25) is 17.7 Å². The molecule has 3 amide bonds. The summed E-state index contributed by atoms with van der Waals surface area (Å²) in [6, 6.07) is -0.542. The number of aliphatic hydroxyl groups is 1. The zero-order valence-corrected chi connectivity index (χ0v) is 20.0. The van der Waals surface area contributed by atoms with Crippen LogP contribution in [0.3, 0.4) is 0 Å². The van der Waals surface area contributed by atoms with Crippen molar-refractivity contribution in [3.05, 3.63) is 0 Å². The number of fused-ring (bicyclic) bond motifs is 1. The largest absolute Gasteiger partial charge is 0.396 e. The van der Waals surface area contributed by atoms with Gasteiger partial charge in [0.15, 0.2) is 0 Å². The van der Waals surface area contributed by atoms with Gasteiger partial charge in [-0.25, -0.2) is 0 Å². The predicted octanol–water partition coefficient (Wildman–Crippen LogP) is 1.93. The minimum Gasteiger partial charge on any atom is -0.396 e. The van der Waals surface area contributed by atoms with Crippen molar-refractivity contribution in [1.29, 1.82) is 0 Å². The van der Waals surface area contributed by atoms with Crippen LogP contribution in [0.2, 0.25) is 0 Å². The molecular weight excluding hydrogens is 414 g/mol. The Morgan fingerprint density at radius 1 is 1.10 bits per heavy atom. The van der Waals surface area contributed by atoms with Crippen molar-refractivity contribution in [3.63, 3.8) is 0 Å². The summed E-state index contributed by atoms with van der Waals surface area (Å²) in [6.45, 7) is 8.03. The van der Waals surface area contributed by atoms with Crippen LogP contribution in [0.25, 0.3) is 0 Å². The fraction of sp³-hybridized carbons (Fsp3) is 0.870. The molecule has 0 saturated carbocycles. The summed E-state index contributed by atoms with van der Waals surface area (Å²) in [5.41, 5.74) is 0. The molecule has 0 radical (unpaired) electrons. The monoisotopic (exact) mass is 453 g/mol. The first-order chi connectivity index (χ1) is 14.9. The van der Waals surface area contributed by atoms with E-state index >= 15 is 0 Å². The zero-order valence-electron chi connectivity index (χ0n) is 19.2. The maximum absolute atomic E-state index is 13.7. The second-order valence-electron chi connectivity index (χ2n) is 9.30. The van der Waals surface area contributed by atoms with E-state index in [1.165, 1.54) is 0 Å². The number of nitrogens with zero attached hydrogens (tertiary/aromatic N) is 1. The number of unbranched alkanes of at least 4 members (excludes halogenated alkanes) is 3. The number of hydrogen-bond acceptors (Lipinski definition) is 5. The van der Waals surface area contributed by atoms with Gasteiger partial charge in [-0.1, -0.05) is 33.6 Å². The Morgan fingerprint density at radius 2 is 1.84 bits per heavy atom. The molecular formula is C23H39N3O4S. The van der Waals surface area contributed by atoms with Gasteiger partial charge >= 0.3 is 0 Å². The molecule has 1 spiro atoms. The van der Waals surface area contributed by atoms with Crippen LogP contribution in [0.15, 0.2) is 0 Å². The van der Waals surface area contributed by atoms with Crippen molar-refractivity contribution in [2.24, 2.45) is 17.8 Å². The average molecular weight is 454 g/mol. The molecule has 0 aromatic carbocycles. The Balaban J connectivity index is 1.88. The maximum Gasteiger partial charge on any atom is 0.244 e. The second kappa shape index (κ2) is 10.6. The first-order valence-corrected chi connectivity index (χ1v) is 13.0. The van der Waals surface area contributed by atoms with Gasteiger partial charge in [-0.05, 0) is 38.0 Å². The lowest BCUT2D eigenvalue weighted by Gasteiger charge is -2.38. The highest BCUT2D eigenvalue weighted by Gasteiger charge is 2.75. The second-order valence-corrected chi connectivity index (χ2v) is 10.9. The molecule has 7 nitrogen and oxygen atoms in total.